The largest absolute Gasteiger partial charge is 0.336 e. The molecule has 3 nitrogen and oxygen atoms in total. The zero-order chi connectivity index (χ0) is 14.5. The summed E-state index contributed by atoms with van der Waals surface area (Å²) in [6.45, 7) is 0. The molecule has 1 amide bonds. The maximum Gasteiger partial charge on any atom is 0.258 e. The summed E-state index contributed by atoms with van der Waals surface area (Å²) in [5.41, 5.74) is -0.622. The van der Waals surface area contributed by atoms with Crippen molar-refractivity contribution >= 4 is 5.91 Å². The summed E-state index contributed by atoms with van der Waals surface area (Å²) < 4.78 is 27.0. The van der Waals surface area contributed by atoms with E-state index in [-0.39, 0.29) is 5.92 Å². The summed E-state index contributed by atoms with van der Waals surface area (Å²) in [6, 6.07) is 4.60. The molecule has 1 saturated carbocycles. The summed E-state index contributed by atoms with van der Waals surface area (Å²) in [5, 5.41) is 11.6. The Morgan fingerprint density at radius 3 is 2.40 bits per heavy atom. The number of hydrogen-bond donors (Lipinski definition) is 1. The molecule has 1 aromatic rings. The van der Waals surface area contributed by atoms with Crippen molar-refractivity contribution in [2.75, 3.05) is 0 Å². The lowest BCUT2D eigenvalue weighted by Gasteiger charge is -2.26. The number of hydrogen-bond acceptors (Lipinski definition) is 2. The van der Waals surface area contributed by atoms with Crippen LogP contribution >= 0.6 is 0 Å². The van der Waals surface area contributed by atoms with Gasteiger partial charge in [-0.1, -0.05) is 25.3 Å². The number of amides is 1. The van der Waals surface area contributed by atoms with Crippen LogP contribution in [0, 0.1) is 28.9 Å². The highest BCUT2D eigenvalue weighted by molar-refractivity contribution is 5.95. The van der Waals surface area contributed by atoms with Gasteiger partial charge in [0.05, 0.1) is 6.07 Å². The van der Waals surface area contributed by atoms with Gasteiger partial charge in [-0.05, 0) is 30.9 Å². The van der Waals surface area contributed by atoms with Crippen LogP contribution in [0.2, 0.25) is 0 Å². The van der Waals surface area contributed by atoms with E-state index in [4.69, 9.17) is 5.26 Å². The molecule has 0 bridgehead atoms. The predicted octanol–water partition coefficient (Wildman–Crippen LogP) is 3.17. The number of nitrogens with one attached hydrogen (secondary N) is 1. The van der Waals surface area contributed by atoms with Gasteiger partial charge in [-0.25, -0.2) is 8.78 Å². The topological polar surface area (TPSA) is 52.9 Å². The summed E-state index contributed by atoms with van der Waals surface area (Å²) in [5.74, 6) is -2.63. The molecule has 1 unspecified atom stereocenters. The van der Waals surface area contributed by atoms with Gasteiger partial charge in [0.15, 0.2) is 0 Å². The zero-order valence-corrected chi connectivity index (χ0v) is 11.0. The van der Waals surface area contributed by atoms with Crippen LogP contribution in [0.4, 0.5) is 8.78 Å². The fourth-order valence-electron chi connectivity index (χ4n) is 2.65. The molecule has 1 aliphatic carbocycles. The van der Waals surface area contributed by atoms with Crippen LogP contribution in [0.25, 0.3) is 0 Å². The Labute approximate surface area is 116 Å². The van der Waals surface area contributed by atoms with Crippen molar-refractivity contribution in [3.63, 3.8) is 0 Å². The van der Waals surface area contributed by atoms with Crippen LogP contribution in [0.15, 0.2) is 18.2 Å². The van der Waals surface area contributed by atoms with Crippen molar-refractivity contribution in [1.29, 1.82) is 5.26 Å². The van der Waals surface area contributed by atoms with Crippen LogP contribution in [0.1, 0.15) is 42.5 Å². The Bertz CT molecular complexity index is 513. The number of carbonyl (C=O) groups excluding carboxylic acids is 1. The molecule has 1 aliphatic rings. The molecule has 1 fully saturated rings. The first-order valence-electron chi connectivity index (χ1n) is 6.78. The first-order chi connectivity index (χ1) is 9.63. The van der Waals surface area contributed by atoms with Crippen LogP contribution in [0.5, 0.6) is 0 Å². The van der Waals surface area contributed by atoms with Crippen molar-refractivity contribution in [1.82, 2.24) is 5.32 Å². The van der Waals surface area contributed by atoms with Gasteiger partial charge in [-0.15, -0.1) is 0 Å². The molecule has 0 radical (unpaired) electrons. The Hall–Kier alpha value is -1.96. The summed E-state index contributed by atoms with van der Waals surface area (Å²) >= 11 is 0. The molecule has 106 valence electrons. The van der Waals surface area contributed by atoms with Crippen molar-refractivity contribution in [2.45, 2.75) is 38.1 Å². The third-order valence-electron chi connectivity index (χ3n) is 3.74. The quantitative estimate of drug-likeness (QED) is 0.923. The summed E-state index contributed by atoms with van der Waals surface area (Å²) in [7, 11) is 0. The van der Waals surface area contributed by atoms with E-state index in [0.717, 1.165) is 44.2 Å². The van der Waals surface area contributed by atoms with Crippen molar-refractivity contribution < 1.29 is 13.6 Å². The van der Waals surface area contributed by atoms with E-state index >= 15 is 0 Å². The first-order valence-corrected chi connectivity index (χ1v) is 6.78. The normalized spacial score (nSPS) is 17.2. The summed E-state index contributed by atoms with van der Waals surface area (Å²) in [4.78, 5) is 12.0. The molecular formula is C15H16F2N2O. The second kappa shape index (κ2) is 6.47. The molecule has 20 heavy (non-hydrogen) atoms. The van der Waals surface area contributed by atoms with Gasteiger partial charge >= 0.3 is 0 Å². The molecule has 0 aromatic heterocycles. The molecule has 0 spiro atoms. The highest BCUT2D eigenvalue weighted by Crippen LogP contribution is 2.26. The molecule has 0 aliphatic heterocycles. The molecule has 5 heteroatoms. The van der Waals surface area contributed by atoms with E-state index in [9.17, 15) is 13.6 Å². The predicted molar refractivity (Wildman–Crippen MR) is 69.8 cm³/mol. The van der Waals surface area contributed by atoms with Crippen LogP contribution in [-0.4, -0.2) is 11.9 Å². The second-order valence-electron chi connectivity index (χ2n) is 5.07. The molecule has 0 heterocycles. The van der Waals surface area contributed by atoms with Crippen LogP contribution in [0.3, 0.4) is 0 Å². The maximum absolute atomic E-state index is 13.5. The van der Waals surface area contributed by atoms with E-state index in [1.165, 1.54) is 6.07 Å². The van der Waals surface area contributed by atoms with E-state index < -0.39 is 29.1 Å². The fraction of sp³-hybridized carbons (Fsp3) is 0.467. The fourth-order valence-corrected chi connectivity index (χ4v) is 2.65. The van der Waals surface area contributed by atoms with Crippen molar-refractivity contribution in [2.24, 2.45) is 5.92 Å². The van der Waals surface area contributed by atoms with Gasteiger partial charge in [-0.3, -0.25) is 4.79 Å². The van der Waals surface area contributed by atoms with Gasteiger partial charge in [0.2, 0.25) is 0 Å². The average molecular weight is 278 g/mol. The van der Waals surface area contributed by atoms with Crippen LogP contribution < -0.4 is 5.32 Å². The minimum Gasteiger partial charge on any atom is -0.336 e. The highest BCUT2D eigenvalue weighted by Gasteiger charge is 2.27. The minimum atomic E-state index is -0.914. The van der Waals surface area contributed by atoms with Crippen LogP contribution in [-0.2, 0) is 0 Å². The Morgan fingerprint density at radius 2 is 1.85 bits per heavy atom. The first kappa shape index (κ1) is 14.4. The molecule has 1 atom stereocenters. The van der Waals surface area contributed by atoms with E-state index in [1.54, 1.807) is 0 Å². The smallest absolute Gasteiger partial charge is 0.258 e. The van der Waals surface area contributed by atoms with Gasteiger partial charge in [0, 0.05) is 0 Å². The third-order valence-corrected chi connectivity index (χ3v) is 3.74. The molecule has 0 saturated heterocycles. The average Bonchev–Trinajstić information content (AvgIpc) is 2.45. The number of nitrogens with zero attached hydrogens (tertiary/aromatic N) is 1. The molecule has 1 aromatic carbocycles. The number of halogens is 2. The second-order valence-corrected chi connectivity index (χ2v) is 5.07. The van der Waals surface area contributed by atoms with Gasteiger partial charge in [0.25, 0.3) is 5.91 Å². The highest BCUT2D eigenvalue weighted by atomic mass is 19.1. The number of carbonyl (C=O) groups is 1. The summed E-state index contributed by atoms with van der Waals surface area (Å²) in [6.07, 6.45) is 4.89. The molecular weight excluding hydrogens is 262 g/mol. The van der Waals surface area contributed by atoms with E-state index in [2.05, 4.69) is 5.32 Å². The minimum absolute atomic E-state index is 0.0625. The monoisotopic (exact) mass is 278 g/mol. The lowest BCUT2D eigenvalue weighted by Crippen LogP contribution is -2.40. The Morgan fingerprint density at radius 1 is 1.25 bits per heavy atom. The van der Waals surface area contributed by atoms with Gasteiger partial charge in [0.1, 0.15) is 23.2 Å². The number of rotatable bonds is 3. The lowest BCUT2D eigenvalue weighted by molar-refractivity contribution is 0.0920. The van der Waals surface area contributed by atoms with Gasteiger partial charge in [-0.2, -0.15) is 5.26 Å². The number of benzene rings is 1. The lowest BCUT2D eigenvalue weighted by atomic mass is 9.84. The van der Waals surface area contributed by atoms with Crippen molar-refractivity contribution in [3.8, 4) is 6.07 Å². The Balaban J connectivity index is 2.11. The SMILES string of the molecule is N#CC(NC(=O)c1c(F)cccc1F)C1CCCCC1. The van der Waals surface area contributed by atoms with E-state index in [1.807, 2.05) is 6.07 Å². The van der Waals surface area contributed by atoms with Gasteiger partial charge < -0.3 is 5.32 Å². The Kier molecular flexibility index (Phi) is 4.67. The third kappa shape index (κ3) is 3.13. The molecule has 1 N–H and O–H groups in total. The number of nitriles is 1. The van der Waals surface area contributed by atoms with Crippen molar-refractivity contribution in [3.05, 3.63) is 35.4 Å². The van der Waals surface area contributed by atoms with E-state index in [0.29, 0.717) is 0 Å². The maximum atomic E-state index is 13.5. The standard InChI is InChI=1S/C15H16F2N2O/c16-11-7-4-8-12(17)14(11)15(20)19-13(9-18)10-5-2-1-3-6-10/h4,7-8,10,13H,1-3,5-6H2,(H,19,20). The molecule has 2 rings (SSSR count). The zero-order valence-electron chi connectivity index (χ0n) is 11.0.